The molecule has 2 aromatic rings. The van der Waals surface area contributed by atoms with E-state index in [4.69, 9.17) is 0 Å². The molecule has 0 unspecified atom stereocenters. The maximum atomic E-state index is 12.8. The van der Waals surface area contributed by atoms with Gasteiger partial charge in [-0.3, -0.25) is 4.79 Å². The molecule has 6 nitrogen and oxygen atoms in total. The fourth-order valence-electron chi connectivity index (χ4n) is 3.03. The summed E-state index contributed by atoms with van der Waals surface area (Å²) < 4.78 is 0. The van der Waals surface area contributed by atoms with Crippen molar-refractivity contribution < 1.29 is 4.79 Å². The van der Waals surface area contributed by atoms with Crippen LogP contribution in [0.3, 0.4) is 0 Å². The van der Waals surface area contributed by atoms with Crippen molar-refractivity contribution in [3.8, 4) is 0 Å². The van der Waals surface area contributed by atoms with E-state index >= 15 is 0 Å². The van der Waals surface area contributed by atoms with Gasteiger partial charge >= 0.3 is 0 Å². The van der Waals surface area contributed by atoms with E-state index in [0.29, 0.717) is 24.5 Å². The first-order valence-corrected chi connectivity index (χ1v) is 7.83. The SMILES string of the molecule is Cc1nc(C)c(C(=O)N2CCN(c3ccccn3)CC2)c(C)n1. The van der Waals surface area contributed by atoms with Gasteiger partial charge in [0.05, 0.1) is 17.0 Å². The van der Waals surface area contributed by atoms with Gasteiger partial charge in [0.15, 0.2) is 0 Å². The number of anilines is 1. The molecular weight excluding hydrogens is 290 g/mol. The lowest BCUT2D eigenvalue weighted by Crippen LogP contribution is -2.49. The Kier molecular flexibility index (Phi) is 4.23. The van der Waals surface area contributed by atoms with Crippen LogP contribution in [0.15, 0.2) is 24.4 Å². The summed E-state index contributed by atoms with van der Waals surface area (Å²) in [6.45, 7) is 8.53. The number of nitrogens with zero attached hydrogens (tertiary/aromatic N) is 5. The largest absolute Gasteiger partial charge is 0.353 e. The average molecular weight is 311 g/mol. The summed E-state index contributed by atoms with van der Waals surface area (Å²) in [4.78, 5) is 29.9. The summed E-state index contributed by atoms with van der Waals surface area (Å²) in [5, 5.41) is 0. The van der Waals surface area contributed by atoms with Crippen molar-refractivity contribution in [3.63, 3.8) is 0 Å². The van der Waals surface area contributed by atoms with Crippen LogP contribution in [0.25, 0.3) is 0 Å². The summed E-state index contributed by atoms with van der Waals surface area (Å²) in [5.41, 5.74) is 2.15. The Labute approximate surface area is 136 Å². The van der Waals surface area contributed by atoms with Crippen LogP contribution >= 0.6 is 0 Å². The van der Waals surface area contributed by atoms with Gasteiger partial charge in [-0.05, 0) is 32.9 Å². The van der Waals surface area contributed by atoms with E-state index in [2.05, 4.69) is 19.9 Å². The fraction of sp³-hybridized carbons (Fsp3) is 0.412. The topological polar surface area (TPSA) is 62.2 Å². The number of aryl methyl sites for hydroxylation is 3. The van der Waals surface area contributed by atoms with Crippen molar-refractivity contribution in [3.05, 3.63) is 47.2 Å². The summed E-state index contributed by atoms with van der Waals surface area (Å²) in [6.07, 6.45) is 1.79. The van der Waals surface area contributed by atoms with Gasteiger partial charge in [0, 0.05) is 32.4 Å². The van der Waals surface area contributed by atoms with Crippen molar-refractivity contribution in [2.24, 2.45) is 0 Å². The van der Waals surface area contributed by atoms with E-state index < -0.39 is 0 Å². The van der Waals surface area contributed by atoms with Crippen LogP contribution in [0.1, 0.15) is 27.6 Å². The van der Waals surface area contributed by atoms with E-state index in [9.17, 15) is 4.79 Å². The fourth-order valence-corrected chi connectivity index (χ4v) is 3.03. The number of pyridine rings is 1. The molecule has 120 valence electrons. The average Bonchev–Trinajstić information content (AvgIpc) is 2.55. The molecule has 0 aliphatic carbocycles. The van der Waals surface area contributed by atoms with Crippen molar-refractivity contribution in [1.82, 2.24) is 19.9 Å². The van der Waals surface area contributed by atoms with Crippen molar-refractivity contribution in [2.45, 2.75) is 20.8 Å². The summed E-state index contributed by atoms with van der Waals surface area (Å²) in [6, 6.07) is 5.89. The van der Waals surface area contributed by atoms with E-state index in [-0.39, 0.29) is 5.91 Å². The molecule has 1 saturated heterocycles. The van der Waals surface area contributed by atoms with Crippen molar-refractivity contribution >= 4 is 11.7 Å². The zero-order valence-electron chi connectivity index (χ0n) is 13.8. The Morgan fingerprint density at radius 1 is 1.00 bits per heavy atom. The van der Waals surface area contributed by atoms with Crippen LogP contribution in [0.2, 0.25) is 0 Å². The highest BCUT2D eigenvalue weighted by molar-refractivity contribution is 5.96. The van der Waals surface area contributed by atoms with E-state index in [1.54, 1.807) is 6.20 Å². The highest BCUT2D eigenvalue weighted by atomic mass is 16.2. The third-order valence-electron chi connectivity index (χ3n) is 4.14. The van der Waals surface area contributed by atoms with Crippen LogP contribution < -0.4 is 4.90 Å². The molecule has 2 aromatic heterocycles. The molecular formula is C17H21N5O. The second-order valence-corrected chi connectivity index (χ2v) is 5.78. The number of rotatable bonds is 2. The number of aromatic nitrogens is 3. The van der Waals surface area contributed by atoms with E-state index in [0.717, 1.165) is 30.3 Å². The Morgan fingerprint density at radius 3 is 2.22 bits per heavy atom. The molecule has 0 radical (unpaired) electrons. The first-order chi connectivity index (χ1) is 11.1. The lowest BCUT2D eigenvalue weighted by atomic mass is 10.1. The second kappa shape index (κ2) is 6.32. The molecule has 6 heteroatoms. The number of carbonyl (C=O) groups is 1. The lowest BCUT2D eigenvalue weighted by Gasteiger charge is -2.35. The summed E-state index contributed by atoms with van der Waals surface area (Å²) in [5.74, 6) is 1.70. The van der Waals surface area contributed by atoms with Gasteiger partial charge in [-0.15, -0.1) is 0 Å². The second-order valence-electron chi connectivity index (χ2n) is 5.78. The Morgan fingerprint density at radius 2 is 1.65 bits per heavy atom. The standard InChI is InChI=1S/C17H21N5O/c1-12-16(13(2)20-14(3)19-12)17(23)22-10-8-21(9-11-22)15-6-4-5-7-18-15/h4-7H,8-11H2,1-3H3. The molecule has 0 aromatic carbocycles. The normalized spacial score (nSPS) is 14.9. The molecule has 0 bridgehead atoms. The highest BCUT2D eigenvalue weighted by Gasteiger charge is 2.25. The van der Waals surface area contributed by atoms with Crippen LogP contribution in [-0.2, 0) is 0 Å². The van der Waals surface area contributed by atoms with Gasteiger partial charge in [0.2, 0.25) is 0 Å². The molecule has 3 heterocycles. The highest BCUT2D eigenvalue weighted by Crippen LogP contribution is 2.17. The Balaban J connectivity index is 1.72. The molecule has 1 aliphatic rings. The third-order valence-corrected chi connectivity index (χ3v) is 4.14. The summed E-state index contributed by atoms with van der Waals surface area (Å²) >= 11 is 0. The molecule has 23 heavy (non-hydrogen) atoms. The maximum absolute atomic E-state index is 12.8. The number of hydrogen-bond donors (Lipinski definition) is 0. The monoisotopic (exact) mass is 311 g/mol. The minimum absolute atomic E-state index is 0.0284. The van der Waals surface area contributed by atoms with Gasteiger partial charge in [-0.1, -0.05) is 6.07 Å². The van der Waals surface area contributed by atoms with Crippen LogP contribution in [0.4, 0.5) is 5.82 Å². The lowest BCUT2D eigenvalue weighted by molar-refractivity contribution is 0.0744. The van der Waals surface area contributed by atoms with Gasteiger partial charge < -0.3 is 9.80 Å². The molecule has 0 atom stereocenters. The first kappa shape index (κ1) is 15.4. The van der Waals surface area contributed by atoms with Crippen LogP contribution in [0, 0.1) is 20.8 Å². The van der Waals surface area contributed by atoms with Crippen molar-refractivity contribution in [2.75, 3.05) is 31.1 Å². The number of carbonyl (C=O) groups excluding carboxylic acids is 1. The van der Waals surface area contributed by atoms with Gasteiger partial charge in [0.25, 0.3) is 5.91 Å². The molecule has 0 saturated carbocycles. The minimum Gasteiger partial charge on any atom is -0.353 e. The minimum atomic E-state index is 0.0284. The van der Waals surface area contributed by atoms with Crippen molar-refractivity contribution in [1.29, 1.82) is 0 Å². The Bertz CT molecular complexity index is 685. The van der Waals surface area contributed by atoms with E-state index in [1.165, 1.54) is 0 Å². The smallest absolute Gasteiger partial charge is 0.257 e. The predicted molar refractivity (Wildman–Crippen MR) is 88.6 cm³/mol. The van der Waals surface area contributed by atoms with Crippen LogP contribution in [-0.4, -0.2) is 51.9 Å². The van der Waals surface area contributed by atoms with Gasteiger partial charge in [0.1, 0.15) is 11.6 Å². The molecule has 1 aliphatic heterocycles. The molecule has 1 fully saturated rings. The predicted octanol–water partition coefficient (Wildman–Crippen LogP) is 1.76. The molecule has 0 spiro atoms. The zero-order chi connectivity index (χ0) is 16.4. The molecule has 0 N–H and O–H groups in total. The molecule has 3 rings (SSSR count). The third kappa shape index (κ3) is 3.16. The van der Waals surface area contributed by atoms with E-state index in [1.807, 2.05) is 43.9 Å². The Hall–Kier alpha value is -2.50. The quantitative estimate of drug-likeness (QED) is 0.845. The summed E-state index contributed by atoms with van der Waals surface area (Å²) in [7, 11) is 0. The molecule has 1 amide bonds. The van der Waals surface area contributed by atoms with Gasteiger partial charge in [-0.25, -0.2) is 15.0 Å². The van der Waals surface area contributed by atoms with Gasteiger partial charge in [-0.2, -0.15) is 0 Å². The number of hydrogen-bond acceptors (Lipinski definition) is 5. The maximum Gasteiger partial charge on any atom is 0.257 e. The first-order valence-electron chi connectivity index (χ1n) is 7.83. The number of piperazine rings is 1. The number of amides is 1. The zero-order valence-corrected chi connectivity index (χ0v) is 13.8. The van der Waals surface area contributed by atoms with Crippen LogP contribution in [0.5, 0.6) is 0 Å².